The second-order valence-corrected chi connectivity index (χ2v) is 15.4. The number of Topliss-reactive ketones (excluding diaryl/α,β-unsaturated/α-hetero) is 1. The van der Waals surface area contributed by atoms with Crippen LogP contribution in [0.5, 0.6) is 0 Å². The fourth-order valence-corrected chi connectivity index (χ4v) is 10.8. The zero-order valence-electron chi connectivity index (χ0n) is 24.6. The molecule has 4 saturated carbocycles. The van der Waals surface area contributed by atoms with E-state index in [-0.39, 0.29) is 0 Å². The Morgan fingerprint density at radius 1 is 0.917 bits per heavy atom. The molecule has 0 radical (unpaired) electrons. The topological polar surface area (TPSA) is 17.1 Å². The molecule has 0 amide bonds. The van der Waals surface area contributed by atoms with Crippen molar-refractivity contribution in [1.82, 2.24) is 0 Å². The van der Waals surface area contributed by atoms with Gasteiger partial charge < -0.3 is 0 Å². The van der Waals surface area contributed by atoms with E-state index in [4.69, 9.17) is 0 Å². The van der Waals surface area contributed by atoms with Gasteiger partial charge in [0, 0.05) is 12.3 Å². The molecule has 5 rings (SSSR count). The summed E-state index contributed by atoms with van der Waals surface area (Å²) in [5, 5.41) is 0. The summed E-state index contributed by atoms with van der Waals surface area (Å²) in [7, 11) is 0. The van der Waals surface area contributed by atoms with E-state index in [1.54, 1.807) is 5.57 Å². The molecule has 0 aromatic heterocycles. The lowest BCUT2D eigenvalue weighted by Crippen LogP contribution is -2.50. The van der Waals surface area contributed by atoms with E-state index in [1.165, 1.54) is 103 Å². The summed E-state index contributed by atoms with van der Waals surface area (Å²) in [6.07, 6.45) is 25.3. The Kier molecular flexibility index (Phi) is 8.16. The van der Waals surface area contributed by atoms with Crippen LogP contribution in [0.25, 0.3) is 0 Å². The Hall–Kier alpha value is -0.590. The Balaban J connectivity index is 1.23. The molecule has 0 spiro atoms. The maximum Gasteiger partial charge on any atom is 0.136 e. The third-order valence-electron chi connectivity index (χ3n) is 13.0. The summed E-state index contributed by atoms with van der Waals surface area (Å²) in [6.45, 7) is 12.7. The van der Waals surface area contributed by atoms with Crippen molar-refractivity contribution >= 4 is 5.78 Å². The summed E-state index contributed by atoms with van der Waals surface area (Å²) < 4.78 is 0. The lowest BCUT2D eigenvalue weighted by Gasteiger charge is -2.58. The highest BCUT2D eigenvalue weighted by molar-refractivity contribution is 5.81. The number of hydrogen-bond donors (Lipinski definition) is 0. The van der Waals surface area contributed by atoms with Gasteiger partial charge in [-0.05, 0) is 116 Å². The third kappa shape index (κ3) is 5.04. The summed E-state index contributed by atoms with van der Waals surface area (Å²) in [5.74, 6) is 7.13. The van der Waals surface area contributed by atoms with E-state index in [1.807, 2.05) is 0 Å². The van der Waals surface area contributed by atoms with Gasteiger partial charge in [-0.3, -0.25) is 4.79 Å². The van der Waals surface area contributed by atoms with Crippen LogP contribution in [0.15, 0.2) is 11.6 Å². The second kappa shape index (κ2) is 10.9. The van der Waals surface area contributed by atoms with Gasteiger partial charge in [-0.1, -0.05) is 84.8 Å². The molecule has 0 aromatic carbocycles. The first-order chi connectivity index (χ1) is 17.2. The first-order valence-electron chi connectivity index (χ1n) is 16.4. The molecular weight excluding hydrogens is 436 g/mol. The van der Waals surface area contributed by atoms with Gasteiger partial charge >= 0.3 is 0 Å². The van der Waals surface area contributed by atoms with Crippen molar-refractivity contribution in [1.29, 1.82) is 0 Å². The van der Waals surface area contributed by atoms with Gasteiger partial charge in [0.05, 0.1) is 0 Å². The van der Waals surface area contributed by atoms with Crippen LogP contribution in [0.1, 0.15) is 144 Å². The highest BCUT2D eigenvalue weighted by Gasteiger charge is 2.59. The molecule has 204 valence electrons. The SMILES string of the molecule is CC(C)CCCC(C)C1CCC2C3CC=C4CC(CC(=O)C5CCCCC5)CCC4(C)C3CCC12C. The molecule has 5 aliphatic rings. The Morgan fingerprint density at radius 3 is 2.44 bits per heavy atom. The van der Waals surface area contributed by atoms with Crippen molar-refractivity contribution in [2.75, 3.05) is 0 Å². The predicted molar refractivity (Wildman–Crippen MR) is 153 cm³/mol. The predicted octanol–water partition coefficient (Wildman–Crippen LogP) is 10.2. The molecule has 0 N–H and O–H groups in total. The van der Waals surface area contributed by atoms with Gasteiger partial charge in [0.1, 0.15) is 5.78 Å². The Morgan fingerprint density at radius 2 is 1.69 bits per heavy atom. The monoisotopic (exact) mass is 494 g/mol. The zero-order chi connectivity index (χ0) is 25.5. The Bertz CT molecular complexity index is 801. The minimum Gasteiger partial charge on any atom is -0.299 e. The average Bonchev–Trinajstić information content (AvgIpc) is 3.22. The van der Waals surface area contributed by atoms with E-state index in [9.17, 15) is 4.79 Å². The first-order valence-corrected chi connectivity index (χ1v) is 16.4. The average molecular weight is 495 g/mol. The molecule has 0 heterocycles. The molecule has 5 aliphatic carbocycles. The van der Waals surface area contributed by atoms with Crippen LogP contribution in [0, 0.1) is 58.2 Å². The zero-order valence-corrected chi connectivity index (χ0v) is 24.6. The van der Waals surface area contributed by atoms with Crippen molar-refractivity contribution in [2.24, 2.45) is 58.2 Å². The van der Waals surface area contributed by atoms with Crippen molar-refractivity contribution < 1.29 is 4.79 Å². The van der Waals surface area contributed by atoms with Crippen molar-refractivity contribution in [3.63, 3.8) is 0 Å². The van der Waals surface area contributed by atoms with E-state index < -0.39 is 0 Å². The minimum absolute atomic E-state index is 0.399. The molecule has 0 aromatic rings. The quantitative estimate of drug-likeness (QED) is 0.307. The summed E-state index contributed by atoms with van der Waals surface area (Å²) in [6, 6.07) is 0. The summed E-state index contributed by atoms with van der Waals surface area (Å²) in [5.41, 5.74) is 2.79. The van der Waals surface area contributed by atoms with Crippen molar-refractivity contribution in [3.05, 3.63) is 11.6 Å². The molecule has 8 unspecified atom stereocenters. The molecule has 1 nitrogen and oxygen atoms in total. The minimum atomic E-state index is 0.399. The van der Waals surface area contributed by atoms with Gasteiger partial charge in [0.15, 0.2) is 0 Å². The molecule has 1 heteroatoms. The van der Waals surface area contributed by atoms with Crippen LogP contribution in [0.4, 0.5) is 0 Å². The highest BCUT2D eigenvalue weighted by atomic mass is 16.1. The van der Waals surface area contributed by atoms with E-state index in [0.29, 0.717) is 28.4 Å². The maximum atomic E-state index is 13.1. The highest BCUT2D eigenvalue weighted by Crippen LogP contribution is 2.67. The normalized spacial score (nSPS) is 41.8. The molecule has 4 fully saturated rings. The molecule has 0 saturated heterocycles. The molecule has 8 atom stereocenters. The van der Waals surface area contributed by atoms with Crippen molar-refractivity contribution in [2.45, 2.75) is 144 Å². The standard InChI is InChI=1S/C35H58O/c1-24(2)10-9-11-25(3)30-16-17-31-29-15-14-28-22-26(23-33(36)27-12-7-6-8-13-27)18-20-34(28,4)32(29)19-21-35(30,31)5/h14,24-27,29-32H,6-13,15-23H2,1-5H3. The molecule has 36 heavy (non-hydrogen) atoms. The van der Waals surface area contributed by atoms with E-state index in [0.717, 1.165) is 41.9 Å². The smallest absolute Gasteiger partial charge is 0.136 e. The Labute approximate surface area is 224 Å². The maximum absolute atomic E-state index is 13.1. The molecule has 0 bridgehead atoms. The van der Waals surface area contributed by atoms with E-state index in [2.05, 4.69) is 40.7 Å². The number of hydrogen-bond acceptors (Lipinski definition) is 1. The van der Waals surface area contributed by atoms with Crippen LogP contribution < -0.4 is 0 Å². The largest absolute Gasteiger partial charge is 0.299 e. The van der Waals surface area contributed by atoms with Gasteiger partial charge in [-0.15, -0.1) is 0 Å². The summed E-state index contributed by atoms with van der Waals surface area (Å²) >= 11 is 0. The third-order valence-corrected chi connectivity index (χ3v) is 13.0. The number of fused-ring (bicyclic) bond motifs is 5. The molecule has 0 aliphatic heterocycles. The van der Waals surface area contributed by atoms with E-state index >= 15 is 0 Å². The van der Waals surface area contributed by atoms with Crippen molar-refractivity contribution in [3.8, 4) is 0 Å². The second-order valence-electron chi connectivity index (χ2n) is 15.4. The van der Waals surface area contributed by atoms with Gasteiger partial charge in [0.2, 0.25) is 0 Å². The molecular formula is C35H58O. The van der Waals surface area contributed by atoms with Crippen LogP contribution >= 0.6 is 0 Å². The first kappa shape index (κ1) is 27.0. The van der Waals surface area contributed by atoms with Gasteiger partial charge in [-0.2, -0.15) is 0 Å². The number of rotatable bonds is 8. The van der Waals surface area contributed by atoms with Crippen LogP contribution in [0.2, 0.25) is 0 Å². The number of ketones is 1. The number of carbonyl (C=O) groups excluding carboxylic acids is 1. The van der Waals surface area contributed by atoms with Gasteiger partial charge in [-0.25, -0.2) is 0 Å². The fourth-order valence-electron chi connectivity index (χ4n) is 10.8. The fraction of sp³-hybridized carbons (Fsp3) is 0.914. The lowest BCUT2D eigenvalue weighted by molar-refractivity contribution is -0.125. The summed E-state index contributed by atoms with van der Waals surface area (Å²) in [4.78, 5) is 13.1. The van der Waals surface area contributed by atoms with Crippen LogP contribution in [-0.2, 0) is 4.79 Å². The van der Waals surface area contributed by atoms with Crippen LogP contribution in [-0.4, -0.2) is 5.78 Å². The lowest BCUT2D eigenvalue weighted by atomic mass is 9.46. The van der Waals surface area contributed by atoms with Crippen LogP contribution in [0.3, 0.4) is 0 Å². The van der Waals surface area contributed by atoms with Gasteiger partial charge in [0.25, 0.3) is 0 Å². The number of carbonyl (C=O) groups is 1. The number of allylic oxidation sites excluding steroid dienone is 2.